The molecule has 0 saturated heterocycles. The summed E-state index contributed by atoms with van der Waals surface area (Å²) in [6.07, 6.45) is -1.10. The molecule has 7 nitrogen and oxygen atoms in total. The van der Waals surface area contributed by atoms with Gasteiger partial charge in [-0.2, -0.15) is 0 Å². The fraction of sp³-hybridized carbons (Fsp3) is 0.211. The molecule has 0 radical (unpaired) electrons. The first-order valence-corrected chi connectivity index (χ1v) is 9.31. The van der Waals surface area contributed by atoms with Crippen LogP contribution in [0.1, 0.15) is 17.2 Å². The van der Waals surface area contributed by atoms with Gasteiger partial charge in [0.1, 0.15) is 11.5 Å². The smallest absolute Gasteiger partial charge is 0.249 e. The van der Waals surface area contributed by atoms with Gasteiger partial charge in [0.25, 0.3) is 0 Å². The fourth-order valence-corrected chi connectivity index (χ4v) is 3.59. The fourth-order valence-electron chi connectivity index (χ4n) is 2.72. The number of carbonyl (C=O) groups excluding carboxylic acids is 1. The van der Waals surface area contributed by atoms with Crippen LogP contribution in [0.5, 0.6) is 11.5 Å². The van der Waals surface area contributed by atoms with Gasteiger partial charge in [-0.05, 0) is 17.7 Å². The Bertz CT molecular complexity index is 874. The minimum absolute atomic E-state index is 0.119. The molecule has 2 N–H and O–H groups in total. The average Bonchev–Trinajstić information content (AvgIpc) is 2.95. The zero-order valence-corrected chi connectivity index (χ0v) is 15.7. The number of ether oxygens (including phenoxy) is 3. The second-order valence-electron chi connectivity index (χ2n) is 5.65. The van der Waals surface area contributed by atoms with Crippen LogP contribution < -0.4 is 15.2 Å². The maximum Gasteiger partial charge on any atom is 0.249 e. The number of ketones is 1. The summed E-state index contributed by atoms with van der Waals surface area (Å²) in [4.78, 5) is 12.8. The van der Waals surface area contributed by atoms with Crippen molar-refractivity contribution in [3.05, 3.63) is 71.3 Å². The lowest BCUT2D eigenvalue weighted by Gasteiger charge is -2.17. The number of nitrogens with two attached hydrogens (primary N) is 1. The minimum Gasteiger partial charge on any atom is -0.496 e. The van der Waals surface area contributed by atoms with Gasteiger partial charge in [0.15, 0.2) is 6.10 Å². The maximum absolute atomic E-state index is 12.8. The molecule has 0 spiro atoms. The molecule has 1 aliphatic rings. The molecule has 1 heterocycles. The van der Waals surface area contributed by atoms with Crippen LogP contribution in [0, 0.1) is 0 Å². The van der Waals surface area contributed by atoms with Crippen molar-refractivity contribution in [3.8, 4) is 11.5 Å². The van der Waals surface area contributed by atoms with Crippen molar-refractivity contribution in [2.75, 3.05) is 14.2 Å². The quantitative estimate of drug-likeness (QED) is 0.776. The van der Waals surface area contributed by atoms with Crippen LogP contribution in [0.4, 0.5) is 0 Å². The standard InChI is InChI=1S/C19H19NO6S/c1-23-13-9-6-10-14(24-2)15(13)17-16(21)18(19(20)25-17)26-27(22)11-12-7-4-3-5-8-12/h3-10,17H,11,20H2,1-2H3. The number of carbonyl (C=O) groups is 1. The summed E-state index contributed by atoms with van der Waals surface area (Å²) in [6.45, 7) is 0. The van der Waals surface area contributed by atoms with E-state index in [1.165, 1.54) is 14.2 Å². The highest BCUT2D eigenvalue weighted by molar-refractivity contribution is 7.79. The molecule has 2 aromatic rings. The third-order valence-electron chi connectivity index (χ3n) is 3.96. The van der Waals surface area contributed by atoms with Crippen molar-refractivity contribution in [1.82, 2.24) is 0 Å². The SMILES string of the molecule is COc1cccc(OC)c1C1OC(N)=C(OS(=O)Cc2ccccc2)C1=O. The molecule has 3 rings (SSSR count). The summed E-state index contributed by atoms with van der Waals surface area (Å²) >= 11 is -1.79. The molecule has 2 aromatic carbocycles. The van der Waals surface area contributed by atoms with E-state index in [1.807, 2.05) is 30.3 Å². The van der Waals surface area contributed by atoms with Gasteiger partial charge in [-0.25, -0.2) is 4.21 Å². The molecule has 8 heteroatoms. The number of hydrogen-bond acceptors (Lipinski definition) is 7. The Kier molecular flexibility index (Phi) is 5.66. The summed E-state index contributed by atoms with van der Waals surface area (Å²) in [5.74, 6) is -0.0919. The Morgan fingerprint density at radius 3 is 2.26 bits per heavy atom. The van der Waals surface area contributed by atoms with Gasteiger partial charge in [0.05, 0.1) is 25.5 Å². The number of methoxy groups -OCH3 is 2. The zero-order valence-electron chi connectivity index (χ0n) is 14.8. The Balaban J connectivity index is 1.80. The normalized spacial score (nSPS) is 17.4. The van der Waals surface area contributed by atoms with Gasteiger partial charge in [-0.1, -0.05) is 36.4 Å². The second-order valence-corrected chi connectivity index (χ2v) is 6.71. The predicted molar refractivity (Wildman–Crippen MR) is 99.0 cm³/mol. The third-order valence-corrected chi connectivity index (χ3v) is 4.88. The van der Waals surface area contributed by atoms with Crippen molar-refractivity contribution < 1.29 is 27.4 Å². The van der Waals surface area contributed by atoms with Crippen molar-refractivity contribution in [3.63, 3.8) is 0 Å². The molecule has 27 heavy (non-hydrogen) atoms. The molecule has 2 atom stereocenters. The number of benzene rings is 2. The largest absolute Gasteiger partial charge is 0.496 e. The molecule has 0 aliphatic carbocycles. The van der Waals surface area contributed by atoms with Crippen LogP contribution in [-0.2, 0) is 30.5 Å². The Hall–Kier alpha value is -3.00. The average molecular weight is 389 g/mol. The van der Waals surface area contributed by atoms with E-state index in [4.69, 9.17) is 24.1 Å². The van der Waals surface area contributed by atoms with Crippen molar-refractivity contribution >= 4 is 16.9 Å². The first-order valence-electron chi connectivity index (χ1n) is 8.07. The topological polar surface area (TPSA) is 97.1 Å². The van der Waals surface area contributed by atoms with E-state index in [2.05, 4.69) is 0 Å². The summed E-state index contributed by atoms with van der Waals surface area (Å²) in [5.41, 5.74) is 7.02. The maximum atomic E-state index is 12.8. The van der Waals surface area contributed by atoms with Crippen molar-refractivity contribution in [1.29, 1.82) is 0 Å². The van der Waals surface area contributed by atoms with E-state index >= 15 is 0 Å². The van der Waals surface area contributed by atoms with Crippen LogP contribution in [-0.4, -0.2) is 24.2 Å². The molecular formula is C19H19NO6S. The molecular weight excluding hydrogens is 370 g/mol. The van der Waals surface area contributed by atoms with E-state index in [0.29, 0.717) is 17.1 Å². The van der Waals surface area contributed by atoms with Crippen LogP contribution in [0.15, 0.2) is 60.2 Å². The van der Waals surface area contributed by atoms with E-state index in [1.54, 1.807) is 18.2 Å². The molecule has 0 saturated carbocycles. The first kappa shape index (κ1) is 18.8. The lowest BCUT2D eigenvalue weighted by Crippen LogP contribution is -2.14. The summed E-state index contributed by atoms with van der Waals surface area (Å²) < 4.78 is 33.7. The zero-order chi connectivity index (χ0) is 19.4. The van der Waals surface area contributed by atoms with Gasteiger partial charge < -0.3 is 24.1 Å². The number of Topliss-reactive ketones (excluding diaryl/α,β-unsaturated/α-hetero) is 1. The Morgan fingerprint density at radius 1 is 1.04 bits per heavy atom. The number of rotatable bonds is 7. The third kappa shape index (κ3) is 3.90. The van der Waals surface area contributed by atoms with Crippen LogP contribution in [0.25, 0.3) is 0 Å². The van der Waals surface area contributed by atoms with Gasteiger partial charge >= 0.3 is 0 Å². The molecule has 142 valence electrons. The molecule has 0 bridgehead atoms. The van der Waals surface area contributed by atoms with Gasteiger partial charge in [0, 0.05) is 0 Å². The van der Waals surface area contributed by atoms with E-state index in [0.717, 1.165) is 5.56 Å². The van der Waals surface area contributed by atoms with E-state index in [9.17, 15) is 9.00 Å². The summed E-state index contributed by atoms with van der Waals surface area (Å²) in [7, 11) is 2.95. The van der Waals surface area contributed by atoms with Crippen LogP contribution in [0.3, 0.4) is 0 Å². The molecule has 0 amide bonds. The predicted octanol–water partition coefficient (Wildman–Crippen LogP) is 2.35. The highest BCUT2D eigenvalue weighted by Gasteiger charge is 2.41. The monoisotopic (exact) mass is 389 g/mol. The van der Waals surface area contributed by atoms with E-state index in [-0.39, 0.29) is 17.4 Å². The molecule has 0 aromatic heterocycles. The molecule has 0 fully saturated rings. The lowest BCUT2D eigenvalue weighted by atomic mass is 10.0. The van der Waals surface area contributed by atoms with Crippen LogP contribution in [0.2, 0.25) is 0 Å². The van der Waals surface area contributed by atoms with E-state index < -0.39 is 23.0 Å². The first-order chi connectivity index (χ1) is 13.0. The lowest BCUT2D eigenvalue weighted by molar-refractivity contribution is -0.123. The van der Waals surface area contributed by atoms with Crippen molar-refractivity contribution in [2.45, 2.75) is 11.9 Å². The van der Waals surface area contributed by atoms with Gasteiger partial charge in [-0.15, -0.1) is 0 Å². The second kappa shape index (κ2) is 8.13. The van der Waals surface area contributed by atoms with Crippen molar-refractivity contribution in [2.24, 2.45) is 5.73 Å². The Labute approximate surface area is 159 Å². The minimum atomic E-state index is -1.79. The number of hydrogen-bond donors (Lipinski definition) is 1. The van der Waals surface area contributed by atoms with Gasteiger partial charge in [0.2, 0.25) is 28.5 Å². The summed E-state index contributed by atoms with van der Waals surface area (Å²) in [6, 6.07) is 14.2. The van der Waals surface area contributed by atoms with Gasteiger partial charge in [-0.3, -0.25) is 4.79 Å². The van der Waals surface area contributed by atoms with Crippen LogP contribution >= 0.6 is 0 Å². The highest BCUT2D eigenvalue weighted by atomic mass is 32.2. The summed E-state index contributed by atoms with van der Waals surface area (Å²) in [5, 5.41) is 0. The molecule has 2 unspecified atom stereocenters. The Morgan fingerprint density at radius 2 is 1.67 bits per heavy atom. The highest BCUT2D eigenvalue weighted by Crippen LogP contribution is 2.41. The molecule has 1 aliphatic heterocycles.